The molecule has 0 spiro atoms. The van der Waals surface area contributed by atoms with Gasteiger partial charge in [0.05, 0.1) is 23.1 Å². The molecule has 0 radical (unpaired) electrons. The van der Waals surface area contributed by atoms with E-state index in [1.807, 2.05) is 24.3 Å². The summed E-state index contributed by atoms with van der Waals surface area (Å²) in [7, 11) is 0. The van der Waals surface area contributed by atoms with Gasteiger partial charge in [-0.25, -0.2) is 0 Å². The van der Waals surface area contributed by atoms with E-state index in [9.17, 15) is 0 Å². The van der Waals surface area contributed by atoms with Gasteiger partial charge in [-0.2, -0.15) is 5.26 Å². The first-order chi connectivity index (χ1) is 7.79. The molecule has 0 saturated heterocycles. The first kappa shape index (κ1) is 10.7. The summed E-state index contributed by atoms with van der Waals surface area (Å²) < 4.78 is 0.890. The van der Waals surface area contributed by atoms with Crippen LogP contribution < -0.4 is 5.32 Å². The molecule has 0 unspecified atom stereocenters. The molecule has 0 fully saturated rings. The van der Waals surface area contributed by atoms with E-state index in [-0.39, 0.29) is 0 Å². The third-order valence-electron chi connectivity index (χ3n) is 2.04. The van der Waals surface area contributed by atoms with E-state index in [4.69, 9.17) is 5.26 Å². The molecule has 0 saturated carbocycles. The highest BCUT2D eigenvalue weighted by Gasteiger charge is 2.02. The monoisotopic (exact) mass is 273 g/mol. The minimum Gasteiger partial charge on any atom is -0.353 e. The number of halogens is 1. The highest BCUT2D eigenvalue weighted by molar-refractivity contribution is 9.10. The largest absolute Gasteiger partial charge is 0.353 e. The fourth-order valence-electron chi connectivity index (χ4n) is 1.31. The molecule has 0 aliphatic rings. The third kappa shape index (κ3) is 2.38. The van der Waals surface area contributed by atoms with Crippen molar-refractivity contribution in [3.63, 3.8) is 0 Å². The lowest BCUT2D eigenvalue weighted by Gasteiger charge is -2.07. The second kappa shape index (κ2) is 4.77. The highest BCUT2D eigenvalue weighted by atomic mass is 79.9. The van der Waals surface area contributed by atoms with Gasteiger partial charge in [-0.1, -0.05) is 15.9 Å². The van der Waals surface area contributed by atoms with Crippen molar-refractivity contribution in [3.8, 4) is 6.07 Å². The van der Waals surface area contributed by atoms with Crippen LogP contribution in [0.15, 0.2) is 47.2 Å². The van der Waals surface area contributed by atoms with Gasteiger partial charge >= 0.3 is 0 Å². The maximum atomic E-state index is 8.99. The highest BCUT2D eigenvalue weighted by Crippen LogP contribution is 2.23. The Labute approximate surface area is 102 Å². The summed E-state index contributed by atoms with van der Waals surface area (Å²) in [5.41, 5.74) is 2.23. The molecule has 0 atom stereocenters. The van der Waals surface area contributed by atoms with Crippen molar-refractivity contribution < 1.29 is 0 Å². The van der Waals surface area contributed by atoms with E-state index in [0.717, 1.165) is 15.8 Å². The molecule has 1 aromatic heterocycles. The van der Waals surface area contributed by atoms with Crippen molar-refractivity contribution >= 4 is 27.3 Å². The lowest BCUT2D eigenvalue weighted by molar-refractivity contribution is 1.32. The molecule has 3 nitrogen and oxygen atoms in total. The maximum Gasteiger partial charge on any atom is 0.101 e. The fourth-order valence-corrected chi connectivity index (χ4v) is 1.67. The summed E-state index contributed by atoms with van der Waals surface area (Å²) >= 11 is 3.33. The van der Waals surface area contributed by atoms with Gasteiger partial charge in [0.2, 0.25) is 0 Å². The molecule has 2 aromatic rings. The van der Waals surface area contributed by atoms with Crippen molar-refractivity contribution in [2.45, 2.75) is 0 Å². The predicted octanol–water partition coefficient (Wildman–Crippen LogP) is 3.46. The third-order valence-corrected chi connectivity index (χ3v) is 2.54. The van der Waals surface area contributed by atoms with Crippen LogP contribution in [-0.4, -0.2) is 4.98 Å². The van der Waals surface area contributed by atoms with Crippen molar-refractivity contribution in [1.82, 2.24) is 4.98 Å². The van der Waals surface area contributed by atoms with E-state index in [1.54, 1.807) is 18.5 Å². The smallest absolute Gasteiger partial charge is 0.101 e. The Balaban J connectivity index is 2.32. The zero-order valence-electron chi connectivity index (χ0n) is 8.31. The minimum atomic E-state index is 0.596. The van der Waals surface area contributed by atoms with Crippen molar-refractivity contribution in [1.29, 1.82) is 5.26 Å². The number of anilines is 2. The average Bonchev–Trinajstić information content (AvgIpc) is 2.33. The van der Waals surface area contributed by atoms with Crippen LogP contribution in [0.4, 0.5) is 11.4 Å². The molecule has 16 heavy (non-hydrogen) atoms. The van der Waals surface area contributed by atoms with E-state index in [2.05, 4.69) is 32.3 Å². The van der Waals surface area contributed by atoms with Gasteiger partial charge in [0, 0.05) is 10.7 Å². The predicted molar refractivity (Wildman–Crippen MR) is 66.4 cm³/mol. The summed E-state index contributed by atoms with van der Waals surface area (Å²) in [4.78, 5) is 4.00. The molecule has 1 N–H and O–H groups in total. The van der Waals surface area contributed by atoms with Crippen LogP contribution in [0.25, 0.3) is 0 Å². The first-order valence-electron chi connectivity index (χ1n) is 4.66. The van der Waals surface area contributed by atoms with Crippen LogP contribution >= 0.6 is 15.9 Å². The molecule has 0 aliphatic carbocycles. The summed E-state index contributed by atoms with van der Waals surface area (Å²) in [6.45, 7) is 0. The fraction of sp³-hybridized carbons (Fsp3) is 0. The quantitative estimate of drug-likeness (QED) is 0.912. The van der Waals surface area contributed by atoms with Gasteiger partial charge in [-0.05, 0) is 30.3 Å². The summed E-state index contributed by atoms with van der Waals surface area (Å²) in [6, 6.07) is 11.4. The number of hydrogen-bond acceptors (Lipinski definition) is 3. The van der Waals surface area contributed by atoms with Crippen LogP contribution in [0, 0.1) is 11.3 Å². The normalized spacial score (nSPS) is 9.50. The van der Waals surface area contributed by atoms with Crippen molar-refractivity contribution in [3.05, 3.63) is 52.8 Å². The van der Waals surface area contributed by atoms with Gasteiger partial charge in [0.15, 0.2) is 0 Å². The Kier molecular flexibility index (Phi) is 3.18. The van der Waals surface area contributed by atoms with Crippen LogP contribution in [0.5, 0.6) is 0 Å². The van der Waals surface area contributed by atoms with Crippen molar-refractivity contribution in [2.24, 2.45) is 0 Å². The minimum absolute atomic E-state index is 0.596. The summed E-state index contributed by atoms with van der Waals surface area (Å²) in [5, 5.41) is 12.1. The number of rotatable bonds is 2. The van der Waals surface area contributed by atoms with Gasteiger partial charge in [-0.15, -0.1) is 0 Å². The molecule has 0 amide bonds. The molecule has 1 aromatic carbocycles. The lowest BCUT2D eigenvalue weighted by atomic mass is 10.2. The second-order valence-corrected chi connectivity index (χ2v) is 4.08. The zero-order valence-corrected chi connectivity index (χ0v) is 9.90. The van der Waals surface area contributed by atoms with Crippen molar-refractivity contribution in [2.75, 3.05) is 5.32 Å². The molecule has 78 valence electrons. The number of hydrogen-bond donors (Lipinski definition) is 1. The van der Waals surface area contributed by atoms with E-state index in [0.29, 0.717) is 5.56 Å². The van der Waals surface area contributed by atoms with E-state index < -0.39 is 0 Å². The first-order valence-corrected chi connectivity index (χ1v) is 5.45. The van der Waals surface area contributed by atoms with E-state index >= 15 is 0 Å². The van der Waals surface area contributed by atoms with E-state index in [1.165, 1.54) is 0 Å². The van der Waals surface area contributed by atoms with Gasteiger partial charge in [0.1, 0.15) is 6.07 Å². The molecule has 4 heteroatoms. The lowest BCUT2D eigenvalue weighted by Crippen LogP contribution is -1.93. The second-order valence-electron chi connectivity index (χ2n) is 3.17. The number of nitriles is 1. The van der Waals surface area contributed by atoms with Crippen LogP contribution in [0.2, 0.25) is 0 Å². The Bertz CT molecular complexity index is 532. The summed E-state index contributed by atoms with van der Waals surface area (Å²) in [6.07, 6.45) is 3.42. The number of nitrogens with one attached hydrogen (secondary N) is 1. The molecular weight excluding hydrogens is 266 g/mol. The topological polar surface area (TPSA) is 48.7 Å². The summed E-state index contributed by atoms with van der Waals surface area (Å²) in [5.74, 6) is 0. The maximum absolute atomic E-state index is 8.99. The number of nitrogens with zero attached hydrogens (tertiary/aromatic N) is 2. The standard InChI is InChI=1S/C12H8BrN3/c13-10-3-4-12(9(6-10)7-14)16-11-2-1-5-15-8-11/h1-6,8,16H. The molecule has 0 aliphatic heterocycles. The van der Waals surface area contributed by atoms with Crippen LogP contribution in [0.3, 0.4) is 0 Å². The Morgan fingerprint density at radius 3 is 2.88 bits per heavy atom. The molecular formula is C12H8BrN3. The van der Waals surface area contributed by atoms with Gasteiger partial charge in [-0.3, -0.25) is 4.98 Å². The zero-order chi connectivity index (χ0) is 11.4. The van der Waals surface area contributed by atoms with Gasteiger partial charge < -0.3 is 5.32 Å². The SMILES string of the molecule is N#Cc1cc(Br)ccc1Nc1cccnc1. The molecule has 0 bridgehead atoms. The Morgan fingerprint density at radius 1 is 1.31 bits per heavy atom. The van der Waals surface area contributed by atoms with Crippen LogP contribution in [-0.2, 0) is 0 Å². The number of pyridine rings is 1. The Morgan fingerprint density at radius 2 is 2.19 bits per heavy atom. The molecule has 1 heterocycles. The number of benzene rings is 1. The van der Waals surface area contributed by atoms with Gasteiger partial charge in [0.25, 0.3) is 0 Å². The Hall–Kier alpha value is -1.86. The average molecular weight is 274 g/mol. The van der Waals surface area contributed by atoms with Crippen LogP contribution in [0.1, 0.15) is 5.56 Å². The number of aromatic nitrogens is 1. The molecule has 2 rings (SSSR count).